The SMILES string of the molecule is CC(C)C[C@H]1C(=O)N(C)[C@@H](C(C)C)C(=O)C[C@@H](Cc2ccccc2)C(=O)N[C@H](C(=O)N(C)[C@@H](Cc2ccccc2)C(=O)N[C@@H](C)C(=O)N2CCCCC2)CC(=O)C[C@H](C)C(=O)N[C@@H](C(C)C)C(=O)N(C)[C@@H](CC(C)C)C(=O)N[C@@H]([C@@H](C)O)C(=O)N(C)[C@@H](Cc2ccccc2)C(=O)NCC(=O)N1C. The number of likely N-dealkylation sites (tertiary alicyclic amines) is 1. The Kier molecular flexibility index (Phi) is 32.5. The van der Waals surface area contributed by atoms with Crippen LogP contribution >= 0.6 is 0 Å². The maximum atomic E-state index is 15.5. The highest BCUT2D eigenvalue weighted by molar-refractivity contribution is 6.01. The van der Waals surface area contributed by atoms with Gasteiger partial charge in [-0.25, -0.2) is 0 Å². The molecule has 11 amide bonds. The van der Waals surface area contributed by atoms with Gasteiger partial charge in [0.05, 0.1) is 18.7 Å². The summed E-state index contributed by atoms with van der Waals surface area (Å²) in [5.74, 6) is -13.4. The fraction of sp³-hybridized carbons (Fsp3) is 0.597. The Balaban J connectivity index is 1.66. The van der Waals surface area contributed by atoms with Gasteiger partial charge in [0.1, 0.15) is 54.1 Å². The van der Waals surface area contributed by atoms with Crippen LogP contribution in [0.25, 0.3) is 0 Å². The Morgan fingerprint density at radius 3 is 1.59 bits per heavy atom. The van der Waals surface area contributed by atoms with E-state index in [2.05, 4.69) is 26.6 Å². The van der Waals surface area contributed by atoms with Crippen molar-refractivity contribution < 1.29 is 67.4 Å². The number of aliphatic hydroxyl groups is 1. The first-order chi connectivity index (χ1) is 48.0. The highest BCUT2D eigenvalue weighted by atomic mass is 16.3. The summed E-state index contributed by atoms with van der Waals surface area (Å²) in [7, 11) is 6.88. The number of Topliss-reactive ketones (excluding diaryl/α,β-unsaturated/α-hetero) is 2. The lowest BCUT2D eigenvalue weighted by molar-refractivity contribution is -0.149. The zero-order valence-corrected chi connectivity index (χ0v) is 62.7. The molecule has 12 atom stereocenters. The van der Waals surface area contributed by atoms with Crippen molar-refractivity contribution in [2.45, 2.75) is 207 Å². The number of aliphatic hydroxyl groups excluding tert-OH is 1. The van der Waals surface area contributed by atoms with Crippen LogP contribution in [0.5, 0.6) is 0 Å². The Morgan fingerprint density at radius 2 is 1.06 bits per heavy atom. The molecule has 0 saturated carbocycles. The molecular weight excluding hydrogens is 1300 g/mol. The molecule has 0 aromatic heterocycles. The summed E-state index contributed by atoms with van der Waals surface area (Å²) in [5.41, 5.74) is 1.87. The molecule has 560 valence electrons. The van der Waals surface area contributed by atoms with Gasteiger partial charge in [-0.3, -0.25) is 62.3 Å². The number of carbonyl (C=O) groups is 13. The highest BCUT2D eigenvalue weighted by Crippen LogP contribution is 2.25. The lowest BCUT2D eigenvalue weighted by atomic mass is 9.87. The molecule has 2 saturated heterocycles. The van der Waals surface area contributed by atoms with Gasteiger partial charge in [0.15, 0.2) is 5.78 Å². The largest absolute Gasteiger partial charge is 0.391 e. The van der Waals surface area contributed by atoms with Gasteiger partial charge in [-0.2, -0.15) is 0 Å². The lowest BCUT2D eigenvalue weighted by Gasteiger charge is -2.37. The number of benzene rings is 3. The molecule has 5 rings (SSSR count). The molecule has 25 heteroatoms. The second-order valence-corrected chi connectivity index (χ2v) is 29.4. The van der Waals surface area contributed by atoms with E-state index in [1.165, 1.54) is 58.9 Å². The van der Waals surface area contributed by atoms with E-state index in [9.17, 15) is 48.3 Å². The fourth-order valence-electron chi connectivity index (χ4n) is 13.3. The summed E-state index contributed by atoms with van der Waals surface area (Å²) in [6.45, 7) is 18.8. The number of hydrogen-bond acceptors (Lipinski definition) is 14. The number of rotatable bonds is 18. The summed E-state index contributed by atoms with van der Waals surface area (Å²) in [5, 5.41) is 25.0. The molecule has 0 radical (unpaired) electrons. The number of hydrogen-bond donors (Lipinski definition) is 6. The normalized spacial score (nSPS) is 24.0. The third-order valence-corrected chi connectivity index (χ3v) is 19.4. The molecular formula is C77H113N11O14. The topological polar surface area (TPSA) is 322 Å². The lowest BCUT2D eigenvalue weighted by Crippen LogP contribution is -2.62. The van der Waals surface area contributed by atoms with Gasteiger partial charge < -0.3 is 61.1 Å². The van der Waals surface area contributed by atoms with Gasteiger partial charge in [0.2, 0.25) is 65.0 Å². The minimum atomic E-state index is -1.75. The molecule has 0 unspecified atom stereocenters. The van der Waals surface area contributed by atoms with Crippen LogP contribution in [0.4, 0.5) is 0 Å². The van der Waals surface area contributed by atoms with Crippen molar-refractivity contribution in [2.75, 3.05) is 54.9 Å². The van der Waals surface area contributed by atoms with Gasteiger partial charge in [0, 0.05) is 92.3 Å². The van der Waals surface area contributed by atoms with Gasteiger partial charge in [-0.1, -0.05) is 153 Å². The Morgan fingerprint density at radius 1 is 0.549 bits per heavy atom. The molecule has 2 heterocycles. The monoisotopic (exact) mass is 1420 g/mol. The molecule has 2 fully saturated rings. The molecule has 0 aliphatic carbocycles. The van der Waals surface area contributed by atoms with E-state index in [1.54, 1.807) is 131 Å². The molecule has 2 aliphatic heterocycles. The van der Waals surface area contributed by atoms with Gasteiger partial charge >= 0.3 is 0 Å². The number of nitrogens with zero attached hydrogens (tertiary/aromatic N) is 6. The minimum Gasteiger partial charge on any atom is -0.391 e. The van der Waals surface area contributed by atoms with E-state index in [0.717, 1.165) is 34.0 Å². The molecule has 0 spiro atoms. The van der Waals surface area contributed by atoms with E-state index in [4.69, 9.17) is 0 Å². The van der Waals surface area contributed by atoms with Crippen LogP contribution in [-0.2, 0) is 81.6 Å². The quantitative estimate of drug-likeness (QED) is 0.104. The van der Waals surface area contributed by atoms with Gasteiger partial charge in [-0.05, 0) is 92.7 Å². The zero-order valence-electron chi connectivity index (χ0n) is 62.7. The Labute approximate surface area is 602 Å². The number of amides is 11. The summed E-state index contributed by atoms with van der Waals surface area (Å²) < 4.78 is 0. The first-order valence-electron chi connectivity index (χ1n) is 36.0. The van der Waals surface area contributed by atoms with Crippen LogP contribution in [-0.4, -0.2) is 226 Å². The summed E-state index contributed by atoms with van der Waals surface area (Å²) in [6.07, 6.45) is -0.860. The first kappa shape index (κ1) is 83.8. The minimum absolute atomic E-state index is 0.0398. The van der Waals surface area contributed by atoms with Crippen LogP contribution in [0, 0.1) is 35.5 Å². The van der Waals surface area contributed by atoms with Crippen molar-refractivity contribution in [3.8, 4) is 0 Å². The molecule has 25 nitrogen and oxygen atoms in total. The van der Waals surface area contributed by atoms with E-state index >= 15 is 19.2 Å². The molecule has 0 bridgehead atoms. The maximum absolute atomic E-state index is 15.5. The van der Waals surface area contributed by atoms with Crippen LogP contribution < -0.4 is 26.6 Å². The van der Waals surface area contributed by atoms with Crippen LogP contribution in [0.1, 0.15) is 144 Å². The average Bonchev–Trinajstić information content (AvgIpc) is 0.829. The van der Waals surface area contributed by atoms with Gasteiger partial charge in [-0.15, -0.1) is 0 Å². The number of likely N-dealkylation sites (N-methyl/N-ethyl adjacent to an activating group) is 5. The number of piperidine rings is 1. The molecule has 3 aromatic rings. The molecule has 2 aliphatic rings. The fourth-order valence-corrected chi connectivity index (χ4v) is 13.3. The third kappa shape index (κ3) is 23.9. The van der Waals surface area contributed by atoms with E-state index < -0.39 is 181 Å². The maximum Gasteiger partial charge on any atom is 0.248 e. The second-order valence-electron chi connectivity index (χ2n) is 29.4. The standard InChI is InChI=1S/C77H113N11O14/c1-46(2)37-59-72(97)82-66(52(11)89)77(102)86(15)60(41-54-31-23-18-24-32-54)70(95)78-45-64(92)83(12)62(38-47(3)4)75(100)87(16)67(49(7)8)63(91)43-56(40-53-29-21-17-22-30-53)69(94)80-58(44-57(90)39-50(9)68(93)81-65(48(5)6)76(101)85(59)14)74(99)84(13)61(42-55-33-25-19-26-34-55)71(96)79-51(10)73(98)88-35-27-20-28-36-88/h17-19,21-26,29-34,46-52,56,58-62,65-67,89H,20,27-28,35-45H2,1-16H3,(H,78,95)(H,79,96)(H,80,94)(H,81,93)(H,82,97)/t50-,51-,52+,56+,58-,59-,60-,61-,62-,65-,66-,67-/m0/s1. The van der Waals surface area contributed by atoms with Crippen molar-refractivity contribution in [2.24, 2.45) is 35.5 Å². The molecule has 6 N–H and O–H groups in total. The van der Waals surface area contributed by atoms with Crippen molar-refractivity contribution in [3.05, 3.63) is 108 Å². The highest BCUT2D eigenvalue weighted by Gasteiger charge is 2.43. The van der Waals surface area contributed by atoms with E-state index in [0.29, 0.717) is 29.8 Å². The van der Waals surface area contributed by atoms with E-state index in [1.807, 2.05) is 27.7 Å². The Hall–Kier alpha value is -8.87. The first-order valence-corrected chi connectivity index (χ1v) is 36.0. The third-order valence-electron chi connectivity index (χ3n) is 19.4. The van der Waals surface area contributed by atoms with Gasteiger partial charge in [0.25, 0.3) is 0 Å². The number of carbonyl (C=O) groups excluding carboxylic acids is 13. The van der Waals surface area contributed by atoms with Crippen molar-refractivity contribution >= 4 is 76.5 Å². The molecule has 3 aromatic carbocycles. The summed E-state index contributed by atoms with van der Waals surface area (Å²) >= 11 is 0. The predicted octanol–water partition coefficient (Wildman–Crippen LogP) is 4.30. The van der Waals surface area contributed by atoms with Crippen LogP contribution in [0.2, 0.25) is 0 Å². The Bertz CT molecular complexity index is 3360. The smallest absolute Gasteiger partial charge is 0.248 e. The molecule has 102 heavy (non-hydrogen) atoms. The van der Waals surface area contributed by atoms with Crippen molar-refractivity contribution in [1.82, 2.24) is 56.0 Å². The van der Waals surface area contributed by atoms with Crippen LogP contribution in [0.15, 0.2) is 91.0 Å². The van der Waals surface area contributed by atoms with Crippen LogP contribution in [0.3, 0.4) is 0 Å². The average molecular weight is 1420 g/mol. The summed E-state index contributed by atoms with van der Waals surface area (Å²) in [6, 6.07) is 14.2. The van der Waals surface area contributed by atoms with Crippen molar-refractivity contribution in [3.63, 3.8) is 0 Å². The number of nitrogens with one attached hydrogen (secondary N) is 5. The summed E-state index contributed by atoms with van der Waals surface area (Å²) in [4.78, 5) is 200. The second kappa shape index (κ2) is 39.5. The number of ketones is 2. The van der Waals surface area contributed by atoms with Crippen molar-refractivity contribution in [1.29, 1.82) is 0 Å². The zero-order chi connectivity index (χ0) is 76.0. The predicted molar refractivity (Wildman–Crippen MR) is 387 cm³/mol. The van der Waals surface area contributed by atoms with E-state index in [-0.39, 0.29) is 49.8 Å².